The summed E-state index contributed by atoms with van der Waals surface area (Å²) in [6, 6.07) is 16.1. The second kappa shape index (κ2) is 7.86. The molecule has 0 atom stereocenters. The molecule has 0 saturated heterocycles. The van der Waals surface area contributed by atoms with E-state index in [1.54, 1.807) is 4.57 Å². The molecule has 0 aliphatic heterocycles. The Bertz CT molecular complexity index is 1510. The van der Waals surface area contributed by atoms with Crippen LogP contribution >= 0.6 is 0 Å². The predicted molar refractivity (Wildman–Crippen MR) is 130 cm³/mol. The summed E-state index contributed by atoms with van der Waals surface area (Å²) in [6.45, 7) is 9.01. The molecule has 3 aromatic heterocycles. The first-order valence-electron chi connectivity index (χ1n) is 11.3. The molecule has 5 rings (SSSR count). The molecule has 0 unspecified atom stereocenters. The zero-order chi connectivity index (χ0) is 22.4. The van der Waals surface area contributed by atoms with Gasteiger partial charge in [0.25, 0.3) is 5.56 Å². The normalized spacial score (nSPS) is 11.9. The number of nitrogens with zero attached hydrogens (tertiary/aromatic N) is 5. The number of rotatable bonds is 5. The minimum Gasteiger partial charge on any atom is -0.296 e. The lowest BCUT2D eigenvalue weighted by molar-refractivity contribution is 0.498. The van der Waals surface area contributed by atoms with E-state index in [0.717, 1.165) is 29.6 Å². The van der Waals surface area contributed by atoms with Gasteiger partial charge < -0.3 is 0 Å². The highest BCUT2D eigenvalue weighted by molar-refractivity contribution is 6.05. The molecule has 0 spiro atoms. The Labute approximate surface area is 186 Å². The van der Waals surface area contributed by atoms with Crippen molar-refractivity contribution in [3.63, 3.8) is 0 Å². The lowest BCUT2D eigenvalue weighted by Gasteiger charge is -2.12. The van der Waals surface area contributed by atoms with Gasteiger partial charge in [-0.15, -0.1) is 0 Å². The quantitative estimate of drug-likeness (QED) is 0.388. The van der Waals surface area contributed by atoms with Crippen LogP contribution in [0, 0.1) is 12.8 Å². The molecule has 0 bridgehead atoms. The number of benzene rings is 2. The van der Waals surface area contributed by atoms with Gasteiger partial charge in [-0.05, 0) is 55.5 Å². The fourth-order valence-corrected chi connectivity index (χ4v) is 4.21. The second-order valence-electron chi connectivity index (χ2n) is 8.74. The average molecular weight is 426 g/mol. The van der Waals surface area contributed by atoms with Crippen LogP contribution in [0.3, 0.4) is 0 Å². The van der Waals surface area contributed by atoms with E-state index in [1.807, 2.05) is 35.8 Å². The summed E-state index contributed by atoms with van der Waals surface area (Å²) in [5, 5.41) is 0.534. The minimum atomic E-state index is -0.0494. The topological polar surface area (TPSA) is 65.6 Å². The third-order valence-electron chi connectivity index (χ3n) is 6.09. The summed E-state index contributed by atoms with van der Waals surface area (Å²) in [5.41, 5.74) is 5.58. The second-order valence-corrected chi connectivity index (χ2v) is 8.74. The maximum Gasteiger partial charge on any atom is 0.265 e. The summed E-state index contributed by atoms with van der Waals surface area (Å²) in [5.74, 6) is 1.21. The Morgan fingerprint density at radius 2 is 1.59 bits per heavy atom. The lowest BCUT2D eigenvalue weighted by atomic mass is 10.1. The molecule has 0 radical (unpaired) electrons. The first kappa shape index (κ1) is 20.4. The average Bonchev–Trinajstić information content (AvgIpc) is 3.10. The number of hydrogen-bond donors (Lipinski definition) is 0. The van der Waals surface area contributed by atoms with Crippen LogP contribution in [0.5, 0.6) is 0 Å². The Hall–Kier alpha value is -3.54. The van der Waals surface area contributed by atoms with Crippen LogP contribution in [0.15, 0.2) is 53.3 Å². The molecule has 0 aliphatic carbocycles. The van der Waals surface area contributed by atoms with Crippen LogP contribution in [-0.4, -0.2) is 24.1 Å². The molecule has 0 amide bonds. The van der Waals surface area contributed by atoms with E-state index in [0.29, 0.717) is 40.5 Å². The van der Waals surface area contributed by atoms with Gasteiger partial charge in [-0.3, -0.25) is 13.9 Å². The predicted octanol–water partition coefficient (Wildman–Crippen LogP) is 5.20. The zero-order valence-corrected chi connectivity index (χ0v) is 19.0. The first-order chi connectivity index (χ1) is 15.5. The number of hydrogen-bond acceptors (Lipinski definition) is 4. The molecule has 32 heavy (non-hydrogen) atoms. The molecule has 0 aliphatic rings. The van der Waals surface area contributed by atoms with Crippen molar-refractivity contribution < 1.29 is 0 Å². The van der Waals surface area contributed by atoms with Crippen molar-refractivity contribution in [2.45, 2.75) is 47.1 Å². The molecule has 5 aromatic rings. The molecule has 2 aromatic carbocycles. The molecule has 6 heteroatoms. The Morgan fingerprint density at radius 1 is 0.906 bits per heavy atom. The largest absolute Gasteiger partial charge is 0.296 e. The molecule has 6 nitrogen and oxygen atoms in total. The third-order valence-corrected chi connectivity index (χ3v) is 6.09. The van der Waals surface area contributed by atoms with Gasteiger partial charge in [0.15, 0.2) is 11.3 Å². The van der Waals surface area contributed by atoms with Crippen molar-refractivity contribution in [3.8, 4) is 5.69 Å². The summed E-state index contributed by atoms with van der Waals surface area (Å²) in [4.78, 5) is 28.4. The van der Waals surface area contributed by atoms with Crippen LogP contribution in [-0.2, 0) is 13.0 Å². The van der Waals surface area contributed by atoms with E-state index in [1.165, 1.54) is 5.56 Å². The first-order valence-corrected chi connectivity index (χ1v) is 11.3. The Morgan fingerprint density at radius 3 is 2.25 bits per heavy atom. The van der Waals surface area contributed by atoms with E-state index in [4.69, 9.17) is 15.0 Å². The van der Waals surface area contributed by atoms with Gasteiger partial charge in [-0.25, -0.2) is 15.0 Å². The maximum absolute atomic E-state index is 13.7. The van der Waals surface area contributed by atoms with Crippen LogP contribution in [0.25, 0.3) is 38.9 Å². The number of fused-ring (bicyclic) bond motifs is 4. The van der Waals surface area contributed by atoms with Crippen molar-refractivity contribution in [2.24, 2.45) is 5.92 Å². The summed E-state index contributed by atoms with van der Waals surface area (Å²) < 4.78 is 3.76. The van der Waals surface area contributed by atoms with Crippen LogP contribution in [0.4, 0.5) is 0 Å². The van der Waals surface area contributed by atoms with Gasteiger partial charge in [-0.2, -0.15) is 0 Å². The number of para-hydroxylation sites is 2. The summed E-state index contributed by atoms with van der Waals surface area (Å²) in [7, 11) is 0. The molecular formula is C26H27N5O. The number of aromatic nitrogens is 5. The summed E-state index contributed by atoms with van der Waals surface area (Å²) in [6.07, 6.45) is 1.88. The third kappa shape index (κ3) is 3.27. The van der Waals surface area contributed by atoms with Crippen molar-refractivity contribution in [3.05, 3.63) is 70.3 Å². The van der Waals surface area contributed by atoms with Gasteiger partial charge in [0, 0.05) is 12.2 Å². The maximum atomic E-state index is 13.7. The fourth-order valence-electron chi connectivity index (χ4n) is 4.21. The van der Waals surface area contributed by atoms with Crippen molar-refractivity contribution in [2.75, 3.05) is 0 Å². The highest BCUT2D eigenvalue weighted by Crippen LogP contribution is 2.29. The molecule has 0 saturated carbocycles. The SMILES string of the molecule is CCc1ccc(-n2c3nc4ccccc4nc3c3c(=O)n(CCC(C)C)c(C)nc32)cc1. The fraction of sp³-hybridized carbons (Fsp3) is 0.308. The van der Waals surface area contributed by atoms with E-state index in [2.05, 4.69) is 45.0 Å². The van der Waals surface area contributed by atoms with Crippen LogP contribution in [0.2, 0.25) is 0 Å². The number of aryl methyl sites for hydroxylation is 2. The van der Waals surface area contributed by atoms with Gasteiger partial charge >= 0.3 is 0 Å². The molecular weight excluding hydrogens is 398 g/mol. The Kier molecular flexibility index (Phi) is 5.00. The van der Waals surface area contributed by atoms with Gasteiger partial charge in [-0.1, -0.05) is 45.0 Å². The van der Waals surface area contributed by atoms with Gasteiger partial charge in [0.05, 0.1) is 11.0 Å². The zero-order valence-electron chi connectivity index (χ0n) is 19.0. The van der Waals surface area contributed by atoms with E-state index in [-0.39, 0.29) is 5.56 Å². The molecule has 3 heterocycles. The molecule has 162 valence electrons. The monoisotopic (exact) mass is 425 g/mol. The highest BCUT2D eigenvalue weighted by atomic mass is 16.1. The Balaban J connectivity index is 1.89. The summed E-state index contributed by atoms with van der Waals surface area (Å²) >= 11 is 0. The smallest absolute Gasteiger partial charge is 0.265 e. The van der Waals surface area contributed by atoms with Gasteiger partial charge in [0.1, 0.15) is 16.7 Å². The van der Waals surface area contributed by atoms with E-state index < -0.39 is 0 Å². The lowest BCUT2D eigenvalue weighted by Crippen LogP contribution is -2.24. The molecule has 0 fully saturated rings. The van der Waals surface area contributed by atoms with Crippen LogP contribution in [0.1, 0.15) is 38.6 Å². The van der Waals surface area contributed by atoms with Gasteiger partial charge in [0.2, 0.25) is 0 Å². The van der Waals surface area contributed by atoms with Crippen molar-refractivity contribution in [1.82, 2.24) is 24.1 Å². The highest BCUT2D eigenvalue weighted by Gasteiger charge is 2.22. The van der Waals surface area contributed by atoms with Crippen molar-refractivity contribution >= 4 is 33.2 Å². The van der Waals surface area contributed by atoms with Crippen LogP contribution < -0.4 is 5.56 Å². The van der Waals surface area contributed by atoms with E-state index >= 15 is 0 Å². The van der Waals surface area contributed by atoms with E-state index in [9.17, 15) is 4.79 Å². The molecule has 0 N–H and O–H groups in total. The standard InChI is InChI=1S/C26H27N5O/c1-5-18-10-12-19(13-11-18)31-24-22(26(32)30(17(4)27-24)15-14-16(2)3)23-25(31)29-21-9-7-6-8-20(21)28-23/h6-13,16H,5,14-15H2,1-4H3. The van der Waals surface area contributed by atoms with Crippen molar-refractivity contribution in [1.29, 1.82) is 0 Å². The minimum absolute atomic E-state index is 0.0494.